The summed E-state index contributed by atoms with van der Waals surface area (Å²) in [7, 11) is 0. The number of hydrogen-bond donors (Lipinski definition) is 1. The molecule has 1 aromatic carbocycles. The number of halogens is 5. The summed E-state index contributed by atoms with van der Waals surface area (Å²) in [6.07, 6.45) is -5.58. The first kappa shape index (κ1) is 16.2. The lowest BCUT2D eigenvalue weighted by molar-refractivity contribution is -0.169. The predicted molar refractivity (Wildman–Crippen MR) is 58.7 cm³/mol. The Balaban J connectivity index is 3.43. The number of hydrogen-bond acceptors (Lipinski definition) is 2. The van der Waals surface area contributed by atoms with Gasteiger partial charge in [0.25, 0.3) is 0 Å². The van der Waals surface area contributed by atoms with Gasteiger partial charge < -0.3 is 9.84 Å². The van der Waals surface area contributed by atoms with Crippen LogP contribution >= 0.6 is 0 Å². The van der Waals surface area contributed by atoms with Crippen molar-refractivity contribution in [2.75, 3.05) is 0 Å². The second kappa shape index (κ2) is 5.26. The van der Waals surface area contributed by atoms with E-state index < -0.39 is 35.3 Å². The van der Waals surface area contributed by atoms with Crippen LogP contribution < -0.4 is 4.74 Å². The molecule has 1 aromatic rings. The van der Waals surface area contributed by atoms with Gasteiger partial charge in [-0.05, 0) is 32.0 Å². The molecule has 0 heterocycles. The highest BCUT2D eigenvalue weighted by Crippen LogP contribution is 2.41. The summed E-state index contributed by atoms with van der Waals surface area (Å²) in [4.78, 5) is 10.4. The van der Waals surface area contributed by atoms with Crippen LogP contribution in [0.2, 0.25) is 0 Å². The molecular weight excluding hydrogens is 287 g/mol. The van der Waals surface area contributed by atoms with Crippen LogP contribution in [0.15, 0.2) is 18.2 Å². The first-order valence-corrected chi connectivity index (χ1v) is 5.46. The van der Waals surface area contributed by atoms with Crippen molar-refractivity contribution in [3.05, 3.63) is 29.3 Å². The Morgan fingerprint density at radius 3 is 2.10 bits per heavy atom. The lowest BCUT2D eigenvalue weighted by atomic mass is 10.0. The highest BCUT2D eigenvalue weighted by atomic mass is 19.4. The highest BCUT2D eigenvalue weighted by Gasteiger charge is 2.48. The number of carbonyl (C=O) groups is 1. The van der Waals surface area contributed by atoms with Gasteiger partial charge in [0, 0.05) is 5.56 Å². The second-order valence-electron chi connectivity index (χ2n) is 4.25. The molecule has 112 valence electrons. The SMILES string of the molecule is CC(C)Oc1ccc(C(F)(F)C(=O)O)c(C(F)(F)F)c1. The minimum atomic E-state index is -5.12. The van der Waals surface area contributed by atoms with E-state index in [9.17, 15) is 26.7 Å². The predicted octanol–water partition coefficient (Wildman–Crippen LogP) is 3.67. The van der Waals surface area contributed by atoms with Crippen molar-refractivity contribution in [1.29, 1.82) is 0 Å². The van der Waals surface area contributed by atoms with Gasteiger partial charge in [-0.1, -0.05) is 0 Å². The Labute approximate surface area is 111 Å². The normalized spacial score (nSPS) is 12.6. The summed E-state index contributed by atoms with van der Waals surface area (Å²) in [6.45, 7) is 3.10. The van der Waals surface area contributed by atoms with Gasteiger partial charge in [-0.25, -0.2) is 4.79 Å². The topological polar surface area (TPSA) is 46.5 Å². The molecule has 0 aliphatic carbocycles. The number of ether oxygens (including phenoxy) is 1. The van der Waals surface area contributed by atoms with Crippen molar-refractivity contribution >= 4 is 5.97 Å². The van der Waals surface area contributed by atoms with E-state index in [1.165, 1.54) is 0 Å². The molecule has 3 nitrogen and oxygen atoms in total. The molecule has 1 rings (SSSR count). The van der Waals surface area contributed by atoms with Gasteiger partial charge in [0.2, 0.25) is 0 Å². The lowest BCUT2D eigenvalue weighted by Crippen LogP contribution is -2.28. The summed E-state index contributed by atoms with van der Waals surface area (Å²) in [5.74, 6) is -7.56. The van der Waals surface area contributed by atoms with Crippen molar-refractivity contribution in [3.8, 4) is 5.75 Å². The first-order chi connectivity index (χ1) is 8.96. The average Bonchev–Trinajstić information content (AvgIpc) is 2.26. The van der Waals surface area contributed by atoms with E-state index >= 15 is 0 Å². The van der Waals surface area contributed by atoms with Gasteiger partial charge in [-0.2, -0.15) is 22.0 Å². The Morgan fingerprint density at radius 1 is 1.15 bits per heavy atom. The molecule has 0 atom stereocenters. The molecule has 0 bridgehead atoms. The monoisotopic (exact) mass is 298 g/mol. The standard InChI is InChI=1S/C12H11F5O3/c1-6(2)20-7-3-4-8(11(13,14)10(18)19)9(5-7)12(15,16)17/h3-6H,1-2H3,(H,18,19). The Morgan fingerprint density at radius 2 is 1.70 bits per heavy atom. The minimum Gasteiger partial charge on any atom is -0.491 e. The van der Waals surface area contributed by atoms with Crippen LogP contribution in [0.5, 0.6) is 5.75 Å². The van der Waals surface area contributed by atoms with Gasteiger partial charge in [-0.3, -0.25) is 0 Å². The molecule has 20 heavy (non-hydrogen) atoms. The van der Waals surface area contributed by atoms with E-state index in [1.807, 2.05) is 0 Å². The zero-order valence-corrected chi connectivity index (χ0v) is 10.5. The molecule has 8 heteroatoms. The molecule has 0 saturated carbocycles. The smallest absolute Gasteiger partial charge is 0.417 e. The summed E-state index contributed by atoms with van der Waals surface area (Å²) in [6, 6.07) is 1.66. The lowest BCUT2D eigenvalue weighted by Gasteiger charge is -2.19. The van der Waals surface area contributed by atoms with Gasteiger partial charge in [-0.15, -0.1) is 0 Å². The third kappa shape index (κ3) is 3.37. The van der Waals surface area contributed by atoms with E-state index in [2.05, 4.69) is 0 Å². The van der Waals surface area contributed by atoms with Gasteiger partial charge in [0.1, 0.15) is 5.75 Å². The number of benzene rings is 1. The molecule has 0 aliphatic rings. The second-order valence-corrected chi connectivity index (χ2v) is 4.25. The molecule has 0 aromatic heterocycles. The van der Waals surface area contributed by atoms with E-state index in [4.69, 9.17) is 9.84 Å². The van der Waals surface area contributed by atoms with E-state index in [-0.39, 0.29) is 5.75 Å². The molecular formula is C12H11F5O3. The fraction of sp³-hybridized carbons (Fsp3) is 0.417. The van der Waals surface area contributed by atoms with Crippen molar-refractivity contribution in [2.24, 2.45) is 0 Å². The highest BCUT2D eigenvalue weighted by molar-refractivity contribution is 5.78. The molecule has 0 unspecified atom stereocenters. The molecule has 0 radical (unpaired) electrons. The molecule has 0 fully saturated rings. The third-order valence-electron chi connectivity index (χ3n) is 2.28. The molecule has 0 spiro atoms. The number of carboxylic acid groups (broad SMARTS) is 1. The summed E-state index contributed by atoms with van der Waals surface area (Å²) in [5, 5.41) is 8.35. The maximum atomic E-state index is 13.3. The van der Waals surface area contributed by atoms with Crippen molar-refractivity contribution in [2.45, 2.75) is 32.1 Å². The summed E-state index contributed by atoms with van der Waals surface area (Å²) >= 11 is 0. The molecule has 0 amide bonds. The fourth-order valence-corrected chi connectivity index (χ4v) is 1.49. The molecule has 1 N–H and O–H groups in total. The van der Waals surface area contributed by atoms with Gasteiger partial charge in [0.15, 0.2) is 0 Å². The maximum absolute atomic E-state index is 13.3. The largest absolute Gasteiger partial charge is 0.491 e. The number of carboxylic acids is 1. The maximum Gasteiger partial charge on any atom is 0.417 e. The zero-order chi connectivity index (χ0) is 15.7. The molecule has 0 aliphatic heterocycles. The number of rotatable bonds is 4. The van der Waals surface area contributed by atoms with E-state index in [0.29, 0.717) is 12.1 Å². The van der Waals surface area contributed by atoms with Crippen molar-refractivity contribution in [3.63, 3.8) is 0 Å². The number of aliphatic carboxylic acids is 1. The van der Waals surface area contributed by atoms with Crippen molar-refractivity contribution < 1.29 is 36.6 Å². The van der Waals surface area contributed by atoms with Gasteiger partial charge >= 0.3 is 18.1 Å². The van der Waals surface area contributed by atoms with Crippen LogP contribution in [0.4, 0.5) is 22.0 Å². The van der Waals surface area contributed by atoms with Crippen LogP contribution in [0.1, 0.15) is 25.0 Å². The van der Waals surface area contributed by atoms with E-state index in [0.717, 1.165) is 6.07 Å². The minimum absolute atomic E-state index is 0.266. The Kier molecular flexibility index (Phi) is 4.26. The third-order valence-corrected chi connectivity index (χ3v) is 2.28. The van der Waals surface area contributed by atoms with E-state index in [1.54, 1.807) is 13.8 Å². The number of alkyl halides is 5. The summed E-state index contributed by atoms with van der Waals surface area (Å²) in [5.41, 5.74) is -3.35. The quantitative estimate of drug-likeness (QED) is 0.863. The fourth-order valence-electron chi connectivity index (χ4n) is 1.49. The van der Waals surface area contributed by atoms with Crippen molar-refractivity contribution in [1.82, 2.24) is 0 Å². The van der Waals surface area contributed by atoms with Crippen LogP contribution in [-0.2, 0) is 16.9 Å². The van der Waals surface area contributed by atoms with Gasteiger partial charge in [0.05, 0.1) is 11.7 Å². The van der Waals surface area contributed by atoms with Crippen LogP contribution in [0, 0.1) is 0 Å². The zero-order valence-electron chi connectivity index (χ0n) is 10.5. The van der Waals surface area contributed by atoms with Crippen LogP contribution in [0.25, 0.3) is 0 Å². The first-order valence-electron chi connectivity index (χ1n) is 5.46. The van der Waals surface area contributed by atoms with Crippen LogP contribution in [0.3, 0.4) is 0 Å². The Bertz CT molecular complexity index is 508. The van der Waals surface area contributed by atoms with Crippen LogP contribution in [-0.4, -0.2) is 17.2 Å². The average molecular weight is 298 g/mol. The Hall–Kier alpha value is -1.86. The summed E-state index contributed by atoms with van der Waals surface area (Å²) < 4.78 is 70.0. The molecule has 0 saturated heterocycles.